The van der Waals surface area contributed by atoms with E-state index in [4.69, 9.17) is 26.4 Å². The third kappa shape index (κ3) is 5.18. The second-order valence-corrected chi connectivity index (χ2v) is 11.5. The van der Waals surface area contributed by atoms with Crippen LogP contribution in [-0.4, -0.2) is 27.2 Å². The summed E-state index contributed by atoms with van der Waals surface area (Å²) in [6.45, 7) is 7.09. The third-order valence-corrected chi connectivity index (χ3v) is 7.82. The number of aromatic nitrogens is 3. The van der Waals surface area contributed by atoms with Crippen molar-refractivity contribution in [1.82, 2.24) is 14.8 Å². The van der Waals surface area contributed by atoms with E-state index in [9.17, 15) is 4.79 Å². The Morgan fingerprint density at radius 3 is 2.83 bits per heavy atom. The Labute approximate surface area is 221 Å². The number of rotatable bonds is 8. The van der Waals surface area contributed by atoms with Gasteiger partial charge in [-0.1, -0.05) is 80.9 Å². The Morgan fingerprint density at radius 2 is 2.03 bits per heavy atom. The lowest BCUT2D eigenvalue weighted by Crippen LogP contribution is -2.36. The summed E-state index contributed by atoms with van der Waals surface area (Å²) in [6, 6.07) is 15.5. The van der Waals surface area contributed by atoms with E-state index >= 15 is 0 Å². The minimum Gasteiger partial charge on any atom is -0.494 e. The van der Waals surface area contributed by atoms with Crippen LogP contribution in [0, 0.1) is 5.41 Å². The van der Waals surface area contributed by atoms with Crippen molar-refractivity contribution in [3.05, 3.63) is 76.0 Å². The summed E-state index contributed by atoms with van der Waals surface area (Å²) in [6.07, 6.45) is 3.37. The van der Waals surface area contributed by atoms with Gasteiger partial charge in [0.25, 0.3) is 0 Å². The zero-order valence-corrected chi connectivity index (χ0v) is 22.5. The first-order valence-corrected chi connectivity index (χ1v) is 13.8. The summed E-state index contributed by atoms with van der Waals surface area (Å²) >= 11 is 7.89. The van der Waals surface area contributed by atoms with Gasteiger partial charge in [-0.3, -0.25) is 4.79 Å². The van der Waals surface area contributed by atoms with Crippen LogP contribution in [-0.2, 0) is 10.5 Å². The van der Waals surface area contributed by atoms with Crippen LogP contribution in [0.25, 0.3) is 0 Å². The van der Waals surface area contributed by atoms with Crippen molar-refractivity contribution in [1.29, 1.82) is 0 Å². The van der Waals surface area contributed by atoms with Gasteiger partial charge in [0.15, 0.2) is 5.78 Å². The van der Waals surface area contributed by atoms with E-state index in [2.05, 4.69) is 26.1 Å². The number of anilines is 1. The minimum absolute atomic E-state index is 0.109. The molecule has 3 aromatic rings. The molecule has 0 saturated carbocycles. The molecule has 2 aromatic carbocycles. The smallest absolute Gasteiger partial charge is 0.227 e. The number of halogens is 1. The molecule has 0 amide bonds. The molecule has 0 bridgehead atoms. The van der Waals surface area contributed by atoms with E-state index in [-0.39, 0.29) is 17.2 Å². The Morgan fingerprint density at radius 1 is 1.19 bits per heavy atom. The summed E-state index contributed by atoms with van der Waals surface area (Å²) in [5.41, 5.74) is 3.62. The molecule has 0 radical (unpaired) electrons. The molecule has 1 unspecified atom stereocenters. The van der Waals surface area contributed by atoms with E-state index in [1.807, 2.05) is 53.2 Å². The van der Waals surface area contributed by atoms with E-state index in [0.29, 0.717) is 29.9 Å². The Balaban J connectivity index is 1.51. The van der Waals surface area contributed by atoms with Gasteiger partial charge in [-0.25, -0.2) is 4.68 Å². The molecule has 2 aliphatic rings. The van der Waals surface area contributed by atoms with Crippen LogP contribution >= 0.6 is 23.4 Å². The normalized spacial score (nSPS) is 18.4. The Bertz CT molecular complexity index is 1320. The maximum absolute atomic E-state index is 13.5. The van der Waals surface area contributed by atoms with Gasteiger partial charge in [0.2, 0.25) is 11.1 Å². The molecule has 1 aliphatic heterocycles. The average molecular weight is 523 g/mol. The van der Waals surface area contributed by atoms with Crippen molar-refractivity contribution in [2.24, 2.45) is 5.41 Å². The van der Waals surface area contributed by atoms with Crippen LogP contribution in [0.1, 0.15) is 63.6 Å². The van der Waals surface area contributed by atoms with E-state index < -0.39 is 0 Å². The molecule has 2 heterocycles. The largest absolute Gasteiger partial charge is 0.494 e. The molecule has 0 spiro atoms. The van der Waals surface area contributed by atoms with Crippen molar-refractivity contribution >= 4 is 35.1 Å². The highest BCUT2D eigenvalue weighted by atomic mass is 35.5. The fourth-order valence-corrected chi connectivity index (χ4v) is 5.94. The quantitative estimate of drug-likeness (QED) is 0.252. The lowest BCUT2D eigenvalue weighted by Gasteiger charge is -2.38. The number of benzene rings is 2. The molecule has 1 aliphatic carbocycles. The number of Topliss-reactive ketones (excluding diaryl/α,β-unsaturated/α-hetero) is 1. The molecule has 5 rings (SSSR count). The highest BCUT2D eigenvalue weighted by Crippen LogP contribution is 2.46. The molecule has 1 N–H and O–H groups in total. The number of nitrogens with zero attached hydrogens (tertiary/aromatic N) is 3. The van der Waals surface area contributed by atoms with Crippen LogP contribution < -0.4 is 10.1 Å². The maximum Gasteiger partial charge on any atom is 0.227 e. The van der Waals surface area contributed by atoms with Crippen LogP contribution in [0.3, 0.4) is 0 Å². The van der Waals surface area contributed by atoms with Crippen molar-refractivity contribution in [2.75, 3.05) is 11.9 Å². The van der Waals surface area contributed by atoms with Crippen molar-refractivity contribution in [3.8, 4) is 5.75 Å². The van der Waals surface area contributed by atoms with Crippen molar-refractivity contribution in [3.63, 3.8) is 0 Å². The van der Waals surface area contributed by atoms with Crippen LogP contribution in [0.5, 0.6) is 5.75 Å². The molecule has 8 heteroatoms. The number of hydrogen-bond acceptors (Lipinski definition) is 6. The predicted molar refractivity (Wildman–Crippen MR) is 145 cm³/mol. The average Bonchev–Trinajstić information content (AvgIpc) is 3.24. The summed E-state index contributed by atoms with van der Waals surface area (Å²) in [7, 11) is 0. The highest BCUT2D eigenvalue weighted by molar-refractivity contribution is 7.98. The SMILES string of the molecule is CCCCOc1cccc(C2C3=C(CC(C)(C)CC3=O)Nc3nc(SCc4ccccc4Cl)nn32)c1. The van der Waals surface area contributed by atoms with Gasteiger partial charge in [-0.15, -0.1) is 5.10 Å². The lowest BCUT2D eigenvalue weighted by atomic mass is 9.73. The van der Waals surface area contributed by atoms with Gasteiger partial charge in [0.05, 0.1) is 6.61 Å². The molecular weight excluding hydrogens is 492 g/mol. The minimum atomic E-state index is -0.350. The van der Waals surface area contributed by atoms with Crippen LogP contribution in [0.2, 0.25) is 5.02 Å². The number of fused-ring (bicyclic) bond motifs is 1. The monoisotopic (exact) mass is 522 g/mol. The number of ether oxygens (including phenoxy) is 1. The number of carbonyl (C=O) groups excluding carboxylic acids is 1. The molecule has 1 atom stereocenters. The Kier molecular flexibility index (Phi) is 7.13. The second kappa shape index (κ2) is 10.3. The molecule has 6 nitrogen and oxygen atoms in total. The summed E-state index contributed by atoms with van der Waals surface area (Å²) in [4.78, 5) is 18.3. The number of carbonyl (C=O) groups is 1. The third-order valence-electron chi connectivity index (χ3n) is 6.57. The van der Waals surface area contributed by atoms with E-state index in [1.54, 1.807) is 0 Å². The highest BCUT2D eigenvalue weighted by Gasteiger charge is 2.42. The van der Waals surface area contributed by atoms with Crippen molar-refractivity contribution < 1.29 is 9.53 Å². The number of ketones is 1. The fraction of sp³-hybridized carbons (Fsp3) is 0.393. The molecule has 1 aromatic heterocycles. The van der Waals surface area contributed by atoms with E-state index in [0.717, 1.165) is 52.4 Å². The second-order valence-electron chi connectivity index (χ2n) is 10.2. The van der Waals surface area contributed by atoms with E-state index in [1.165, 1.54) is 11.8 Å². The molecular formula is C28H31ClN4O2S. The molecule has 0 saturated heterocycles. The van der Waals surface area contributed by atoms with Gasteiger partial charge in [-0.2, -0.15) is 4.98 Å². The van der Waals surface area contributed by atoms with Gasteiger partial charge < -0.3 is 10.1 Å². The first kappa shape index (κ1) is 24.9. The number of allylic oxidation sites excluding steroid dienone is 2. The molecule has 188 valence electrons. The maximum atomic E-state index is 13.5. The standard InChI is InChI=1S/C28H31ClN4O2S/c1-4-5-13-35-20-11-8-10-18(14-20)25-24-22(15-28(2,3)16-23(24)34)30-26-31-27(32-33(25)26)36-17-19-9-6-7-12-21(19)29/h6-12,14,25H,4-5,13,15-17H2,1-3H3,(H,30,31,32). The van der Waals surface area contributed by atoms with Gasteiger partial charge in [-0.05, 0) is 47.6 Å². The predicted octanol–water partition coefficient (Wildman–Crippen LogP) is 7.06. The summed E-state index contributed by atoms with van der Waals surface area (Å²) < 4.78 is 7.84. The first-order chi connectivity index (χ1) is 17.3. The van der Waals surface area contributed by atoms with Crippen LogP contribution in [0.15, 0.2) is 65.0 Å². The fourth-order valence-electron chi connectivity index (χ4n) is 4.83. The molecule has 36 heavy (non-hydrogen) atoms. The van der Waals surface area contributed by atoms with Gasteiger partial charge in [0, 0.05) is 28.5 Å². The summed E-state index contributed by atoms with van der Waals surface area (Å²) in [5.74, 6) is 2.28. The zero-order valence-electron chi connectivity index (χ0n) is 20.9. The topological polar surface area (TPSA) is 69.0 Å². The number of hydrogen-bond donors (Lipinski definition) is 1. The van der Waals surface area contributed by atoms with Gasteiger partial charge in [0.1, 0.15) is 11.8 Å². The lowest BCUT2D eigenvalue weighted by molar-refractivity contribution is -0.118. The van der Waals surface area contributed by atoms with Crippen molar-refractivity contribution in [2.45, 2.75) is 63.4 Å². The number of thioether (sulfide) groups is 1. The molecule has 0 fully saturated rings. The Hall–Kier alpha value is -2.77. The number of nitrogens with one attached hydrogen (secondary N) is 1. The number of unbranched alkanes of at least 4 members (excludes halogenated alkanes) is 1. The first-order valence-electron chi connectivity index (χ1n) is 12.4. The van der Waals surface area contributed by atoms with Gasteiger partial charge >= 0.3 is 0 Å². The summed E-state index contributed by atoms with van der Waals surface area (Å²) in [5, 5.41) is 9.68. The zero-order chi connectivity index (χ0) is 25.3. The van der Waals surface area contributed by atoms with Crippen LogP contribution in [0.4, 0.5) is 5.95 Å².